The number of nitrogens with zero attached hydrogens (tertiary/aromatic N) is 9. The molecule has 12 heteroatoms. The Balaban J connectivity index is 0.000000108. The number of benzene rings is 15. The quantitative estimate of drug-likeness (QED) is 0.121. The average Bonchev–Trinajstić information content (AvgIpc) is 1.59. The zero-order valence-corrected chi connectivity index (χ0v) is 67.0. The van der Waals surface area contributed by atoms with Gasteiger partial charge in [0.05, 0.1) is 55.9 Å². The number of pyridine rings is 1. The van der Waals surface area contributed by atoms with Gasteiger partial charge in [-0.3, -0.25) is 0 Å². The van der Waals surface area contributed by atoms with Gasteiger partial charge in [-0.05, 0) is 165 Å². The molecule has 0 bridgehead atoms. The monoisotopic (exact) mass is 1590 g/mol. The summed E-state index contributed by atoms with van der Waals surface area (Å²) in [6.07, 6.45) is 0. The minimum atomic E-state index is 0.649. The molecule has 9 aromatic heterocycles. The van der Waals surface area contributed by atoms with E-state index in [0.29, 0.717) is 23.3 Å². The van der Waals surface area contributed by atoms with Gasteiger partial charge >= 0.3 is 0 Å². The van der Waals surface area contributed by atoms with Crippen molar-refractivity contribution in [2.75, 3.05) is 0 Å². The third-order valence-corrected chi connectivity index (χ3v) is 25.3. The van der Waals surface area contributed by atoms with Crippen LogP contribution < -0.4 is 0 Å². The van der Waals surface area contributed by atoms with Crippen molar-refractivity contribution in [3.8, 4) is 119 Å². The van der Waals surface area contributed by atoms with Crippen molar-refractivity contribution in [2.45, 2.75) is 0 Å². The minimum absolute atomic E-state index is 0.649. The standard InChI is InChI=1S/C37H24N2S.C36H23N3S.C35H22N4S/c1-3-9-25(10-4-1)29-23-32(26-11-5-2-6-12-26)38-33(24-29)27-15-18-30(19-16-27)39-34-14-8-7-13-31(34)36-35(39)20-17-28-21-22-40-37(28)36;1-3-9-24(10-4-1)30-23-31(25-11-5-2-6-12-25)38-36(37-30)27-15-18-28(19-16-27)39-32-14-8-7-13-29(32)34-33(39)20-17-26-21-22-40-35(26)34;1-3-10-24(11-4-1)33-36-34(25-12-5-2-6-13-25)38-35(37-33)26-14-9-15-27(22-26)39-29-17-8-7-16-28(29)31-30(39)19-18-23-20-21-40-32(23)31/h1-24H;1-23H;1-22H. The topological polar surface area (TPSA) is 92.1 Å². The molecule has 0 aliphatic heterocycles. The van der Waals surface area contributed by atoms with Crippen molar-refractivity contribution in [1.29, 1.82) is 0 Å². The van der Waals surface area contributed by atoms with Gasteiger partial charge in [-0.1, -0.05) is 279 Å². The largest absolute Gasteiger partial charge is 0.309 e. The SMILES string of the molecule is c1ccc(-c2cc(-c3ccccc3)nc(-c3ccc(-n4c5ccccc5c5c6sccc6ccc54)cc3)c2)cc1.c1ccc(-c2cc(-c3ccccc3)nc(-c3ccc(-n4c5ccccc5c5c6sccc6ccc54)cc3)n2)cc1.c1ccc(-c2nc(-c3ccccc3)nc(-c3cccc(-n4c5ccccc5c5c6sccc6ccc54)c3)n2)cc1. The maximum absolute atomic E-state index is 5.11. The van der Waals surface area contributed by atoms with Crippen LogP contribution >= 0.6 is 34.0 Å². The first-order chi connectivity index (χ1) is 59.5. The second-order valence-electron chi connectivity index (χ2n) is 29.7. The molecule has 0 amide bonds. The lowest BCUT2D eigenvalue weighted by Crippen LogP contribution is -2.01. The summed E-state index contributed by atoms with van der Waals surface area (Å²) in [5.74, 6) is 2.68. The summed E-state index contributed by atoms with van der Waals surface area (Å²) < 4.78 is 11.1. The molecule has 0 aliphatic carbocycles. The van der Waals surface area contributed by atoms with E-state index in [1.807, 2.05) is 126 Å². The Morgan fingerprint density at radius 2 is 0.475 bits per heavy atom. The number of aromatic nitrogens is 9. The Kier molecular flexibility index (Phi) is 18.3. The number of hydrogen-bond acceptors (Lipinski definition) is 9. The zero-order valence-electron chi connectivity index (χ0n) is 64.6. The predicted molar refractivity (Wildman–Crippen MR) is 504 cm³/mol. The highest BCUT2D eigenvalue weighted by atomic mass is 32.1. The van der Waals surface area contributed by atoms with Crippen LogP contribution in [0.5, 0.6) is 0 Å². The summed E-state index contributed by atoms with van der Waals surface area (Å²) in [7, 11) is 0. The van der Waals surface area contributed by atoms with Gasteiger partial charge in [0.2, 0.25) is 0 Å². The van der Waals surface area contributed by atoms with E-state index in [4.69, 9.17) is 29.9 Å². The van der Waals surface area contributed by atoms with E-state index in [-0.39, 0.29) is 0 Å². The van der Waals surface area contributed by atoms with Crippen LogP contribution in [0.2, 0.25) is 0 Å². The van der Waals surface area contributed by atoms with Crippen molar-refractivity contribution in [3.05, 3.63) is 417 Å². The molecule has 0 aliphatic rings. The lowest BCUT2D eigenvalue weighted by Gasteiger charge is -2.12. The lowest BCUT2D eigenvalue weighted by molar-refractivity contribution is 1.07. The van der Waals surface area contributed by atoms with Gasteiger partial charge in [0.25, 0.3) is 0 Å². The van der Waals surface area contributed by atoms with Crippen molar-refractivity contribution in [2.24, 2.45) is 0 Å². The maximum Gasteiger partial charge on any atom is 0.164 e. The van der Waals surface area contributed by atoms with E-state index in [0.717, 1.165) is 89.9 Å². The number of rotatable bonds is 12. The van der Waals surface area contributed by atoms with Crippen LogP contribution in [0.1, 0.15) is 0 Å². The fourth-order valence-corrected chi connectivity index (χ4v) is 19.7. The van der Waals surface area contributed by atoms with Gasteiger partial charge in [-0.25, -0.2) is 29.9 Å². The second kappa shape index (κ2) is 30.8. The molecule has 9 heterocycles. The highest BCUT2D eigenvalue weighted by Crippen LogP contribution is 2.44. The molecular formula is C108H69N9S3. The van der Waals surface area contributed by atoms with Crippen molar-refractivity contribution >= 4 is 130 Å². The summed E-state index contributed by atoms with van der Waals surface area (Å²) in [6.45, 7) is 0. The number of hydrogen-bond donors (Lipinski definition) is 0. The Morgan fingerprint density at radius 3 is 0.875 bits per heavy atom. The second-order valence-corrected chi connectivity index (χ2v) is 32.4. The number of fused-ring (bicyclic) bond motifs is 15. The third kappa shape index (κ3) is 13.1. The first-order valence-corrected chi connectivity index (χ1v) is 42.6. The van der Waals surface area contributed by atoms with Gasteiger partial charge in [-0.15, -0.1) is 34.0 Å². The van der Waals surface area contributed by atoms with Gasteiger partial charge in [0.15, 0.2) is 23.3 Å². The fraction of sp³-hybridized carbons (Fsp3) is 0. The number of thiophene rings is 3. The Bertz CT molecular complexity index is 7450. The van der Waals surface area contributed by atoms with Crippen LogP contribution in [-0.2, 0) is 0 Å². The molecule has 0 unspecified atom stereocenters. The van der Waals surface area contributed by atoms with E-state index in [9.17, 15) is 0 Å². The van der Waals surface area contributed by atoms with Gasteiger partial charge in [-0.2, -0.15) is 0 Å². The minimum Gasteiger partial charge on any atom is -0.309 e. The van der Waals surface area contributed by atoms with Crippen LogP contribution in [0, 0.1) is 0 Å². The third-order valence-electron chi connectivity index (χ3n) is 22.5. The van der Waals surface area contributed by atoms with Crippen LogP contribution in [-0.4, -0.2) is 43.6 Å². The predicted octanol–water partition coefficient (Wildman–Crippen LogP) is 29.4. The fourth-order valence-electron chi connectivity index (χ4n) is 16.9. The molecule has 24 aromatic rings. The molecule has 0 spiro atoms. The molecule has 15 aromatic carbocycles. The maximum atomic E-state index is 5.11. The average molecular weight is 1590 g/mol. The number of para-hydroxylation sites is 3. The Morgan fingerprint density at radius 1 is 0.175 bits per heavy atom. The van der Waals surface area contributed by atoms with Crippen LogP contribution in [0.25, 0.3) is 214 Å². The summed E-state index contributed by atoms with van der Waals surface area (Å²) in [4.78, 5) is 29.9. The summed E-state index contributed by atoms with van der Waals surface area (Å²) >= 11 is 5.43. The normalized spacial score (nSPS) is 11.5. The Labute approximate surface area is 703 Å². The van der Waals surface area contributed by atoms with E-state index in [1.165, 1.54) is 101 Å². The van der Waals surface area contributed by atoms with Crippen LogP contribution in [0.15, 0.2) is 417 Å². The lowest BCUT2D eigenvalue weighted by atomic mass is 10.00. The van der Waals surface area contributed by atoms with E-state index < -0.39 is 0 Å². The van der Waals surface area contributed by atoms with E-state index in [2.05, 4.69) is 327 Å². The molecule has 0 atom stereocenters. The molecule has 9 nitrogen and oxygen atoms in total. The first-order valence-electron chi connectivity index (χ1n) is 40.0. The van der Waals surface area contributed by atoms with Crippen molar-refractivity contribution < 1.29 is 0 Å². The molecule has 564 valence electrons. The van der Waals surface area contributed by atoms with Gasteiger partial charge in [0, 0.05) is 108 Å². The molecular weight excluding hydrogens is 1520 g/mol. The summed E-state index contributed by atoms with van der Waals surface area (Å²) in [6, 6.07) is 140. The highest BCUT2D eigenvalue weighted by molar-refractivity contribution is 7.19. The summed E-state index contributed by atoms with van der Waals surface area (Å²) in [5.41, 5.74) is 24.9. The van der Waals surface area contributed by atoms with Crippen molar-refractivity contribution in [3.63, 3.8) is 0 Å². The van der Waals surface area contributed by atoms with Crippen LogP contribution in [0.3, 0.4) is 0 Å². The molecule has 0 saturated heterocycles. The van der Waals surface area contributed by atoms with Gasteiger partial charge in [0.1, 0.15) is 0 Å². The molecule has 0 radical (unpaired) electrons. The highest BCUT2D eigenvalue weighted by Gasteiger charge is 2.22. The van der Waals surface area contributed by atoms with Gasteiger partial charge < -0.3 is 13.7 Å². The molecule has 0 fully saturated rings. The molecule has 0 saturated carbocycles. The molecule has 24 rings (SSSR count). The zero-order chi connectivity index (χ0) is 79.4. The Hall–Kier alpha value is -15.2. The summed E-state index contributed by atoms with van der Waals surface area (Å²) in [5, 5.41) is 18.2. The van der Waals surface area contributed by atoms with Crippen molar-refractivity contribution in [1.82, 2.24) is 43.6 Å². The van der Waals surface area contributed by atoms with Crippen LogP contribution in [0.4, 0.5) is 0 Å². The molecule has 120 heavy (non-hydrogen) atoms. The first kappa shape index (κ1) is 71.4. The molecule has 0 N–H and O–H groups in total. The van der Waals surface area contributed by atoms with E-state index >= 15 is 0 Å². The van der Waals surface area contributed by atoms with E-state index in [1.54, 1.807) is 11.3 Å². The smallest absolute Gasteiger partial charge is 0.164 e.